The molecule has 7 heteroatoms. The van der Waals surface area contributed by atoms with Gasteiger partial charge in [0.15, 0.2) is 6.61 Å². The van der Waals surface area contributed by atoms with Gasteiger partial charge in [0.1, 0.15) is 0 Å². The van der Waals surface area contributed by atoms with Gasteiger partial charge >= 0.3 is 12.1 Å². The number of halogens is 3. The first-order valence-corrected chi connectivity index (χ1v) is 8.59. The van der Waals surface area contributed by atoms with E-state index in [9.17, 15) is 22.8 Å². The van der Waals surface area contributed by atoms with Gasteiger partial charge in [0.2, 0.25) is 0 Å². The molecule has 2 aromatic rings. The number of rotatable bonds is 7. The van der Waals surface area contributed by atoms with Crippen LogP contribution in [0.2, 0.25) is 0 Å². The van der Waals surface area contributed by atoms with Crippen molar-refractivity contribution in [1.82, 2.24) is 5.32 Å². The third-order valence-electron chi connectivity index (χ3n) is 3.95. The molecule has 2 rings (SSSR count). The van der Waals surface area contributed by atoms with Crippen molar-refractivity contribution in [3.05, 3.63) is 76.9 Å². The van der Waals surface area contributed by atoms with E-state index in [1.165, 1.54) is 18.2 Å². The van der Waals surface area contributed by atoms with Crippen LogP contribution < -0.4 is 5.32 Å². The third-order valence-corrected chi connectivity index (χ3v) is 3.95. The Bertz CT molecular complexity index is 860. The molecule has 28 heavy (non-hydrogen) atoms. The average Bonchev–Trinajstić information content (AvgIpc) is 2.66. The molecule has 0 saturated carbocycles. The Labute approximate surface area is 161 Å². The lowest BCUT2D eigenvalue weighted by molar-refractivity contribution is -0.143. The van der Waals surface area contributed by atoms with Crippen molar-refractivity contribution in [2.75, 3.05) is 13.2 Å². The molecule has 0 aliphatic heterocycles. The topological polar surface area (TPSA) is 55.4 Å². The normalized spacial score (nSPS) is 11.4. The van der Waals surface area contributed by atoms with Gasteiger partial charge in [0.05, 0.1) is 5.56 Å². The molecule has 0 spiro atoms. The van der Waals surface area contributed by atoms with Crippen LogP contribution >= 0.6 is 0 Å². The SMILES string of the molecule is Cc1ccccc1CCNC(=O)COC(=O)/C=C/c1cccc(C(F)(F)F)c1. The Morgan fingerprint density at radius 3 is 2.57 bits per heavy atom. The highest BCUT2D eigenvalue weighted by molar-refractivity contribution is 5.89. The zero-order chi connectivity index (χ0) is 20.6. The summed E-state index contributed by atoms with van der Waals surface area (Å²) >= 11 is 0. The van der Waals surface area contributed by atoms with Gasteiger partial charge in [-0.2, -0.15) is 13.2 Å². The van der Waals surface area contributed by atoms with Crippen LogP contribution in [0.25, 0.3) is 6.08 Å². The molecular formula is C21H20F3NO3. The number of benzene rings is 2. The highest BCUT2D eigenvalue weighted by Gasteiger charge is 2.30. The van der Waals surface area contributed by atoms with Gasteiger partial charge in [-0.1, -0.05) is 36.4 Å². The molecular weight excluding hydrogens is 371 g/mol. The number of alkyl halides is 3. The molecule has 0 atom stereocenters. The summed E-state index contributed by atoms with van der Waals surface area (Å²) in [6.07, 6.45) is -1.62. The number of carbonyl (C=O) groups excluding carboxylic acids is 2. The van der Waals surface area contributed by atoms with Crippen LogP contribution in [0.5, 0.6) is 0 Å². The summed E-state index contributed by atoms with van der Waals surface area (Å²) in [5, 5.41) is 2.65. The number of nitrogens with one attached hydrogen (secondary N) is 1. The molecule has 0 unspecified atom stereocenters. The second-order valence-electron chi connectivity index (χ2n) is 6.09. The van der Waals surface area contributed by atoms with Gasteiger partial charge in [-0.15, -0.1) is 0 Å². The number of aryl methyl sites for hydroxylation is 1. The largest absolute Gasteiger partial charge is 0.452 e. The lowest BCUT2D eigenvalue weighted by Crippen LogP contribution is -2.30. The zero-order valence-corrected chi connectivity index (χ0v) is 15.3. The smallest absolute Gasteiger partial charge is 0.416 e. The zero-order valence-electron chi connectivity index (χ0n) is 15.3. The van der Waals surface area contributed by atoms with Crippen LogP contribution in [-0.2, 0) is 26.9 Å². The second-order valence-corrected chi connectivity index (χ2v) is 6.09. The summed E-state index contributed by atoms with van der Waals surface area (Å²) in [7, 11) is 0. The molecule has 0 fully saturated rings. The highest BCUT2D eigenvalue weighted by Crippen LogP contribution is 2.29. The Hall–Kier alpha value is -3.09. The first-order valence-electron chi connectivity index (χ1n) is 8.59. The molecule has 1 N–H and O–H groups in total. The van der Waals surface area contributed by atoms with E-state index < -0.39 is 30.2 Å². The van der Waals surface area contributed by atoms with Crippen LogP contribution in [0.1, 0.15) is 22.3 Å². The standard InChI is InChI=1S/C21H20F3NO3/c1-15-5-2-3-7-17(15)11-12-25-19(26)14-28-20(27)10-9-16-6-4-8-18(13-16)21(22,23)24/h2-10,13H,11-12,14H2,1H3,(H,25,26)/b10-9+. The highest BCUT2D eigenvalue weighted by atomic mass is 19.4. The summed E-state index contributed by atoms with van der Waals surface area (Å²) in [6.45, 7) is 1.93. The van der Waals surface area contributed by atoms with Crippen molar-refractivity contribution >= 4 is 18.0 Å². The van der Waals surface area contributed by atoms with Crippen LogP contribution in [0.3, 0.4) is 0 Å². The summed E-state index contributed by atoms with van der Waals surface area (Å²) in [5.41, 5.74) is 1.64. The quantitative estimate of drug-likeness (QED) is 0.575. The minimum absolute atomic E-state index is 0.203. The maximum Gasteiger partial charge on any atom is 0.416 e. The van der Waals surface area contributed by atoms with Crippen LogP contribution in [0, 0.1) is 6.92 Å². The van der Waals surface area contributed by atoms with Gasteiger partial charge in [-0.25, -0.2) is 4.79 Å². The summed E-state index contributed by atoms with van der Waals surface area (Å²) < 4.78 is 42.7. The molecule has 0 heterocycles. The molecule has 0 radical (unpaired) electrons. The van der Waals surface area contributed by atoms with Gasteiger partial charge in [-0.3, -0.25) is 4.79 Å². The van der Waals surface area contributed by atoms with Gasteiger partial charge in [-0.05, 0) is 48.2 Å². The van der Waals surface area contributed by atoms with Crippen molar-refractivity contribution in [2.24, 2.45) is 0 Å². The first-order chi connectivity index (χ1) is 13.3. The van der Waals surface area contributed by atoms with Gasteiger partial charge in [0, 0.05) is 12.6 Å². The lowest BCUT2D eigenvalue weighted by Gasteiger charge is -2.08. The van der Waals surface area contributed by atoms with Crippen molar-refractivity contribution in [3.63, 3.8) is 0 Å². The van der Waals surface area contributed by atoms with Crippen LogP contribution in [0.15, 0.2) is 54.6 Å². The number of hydrogen-bond donors (Lipinski definition) is 1. The van der Waals surface area contributed by atoms with Crippen molar-refractivity contribution in [1.29, 1.82) is 0 Å². The fourth-order valence-corrected chi connectivity index (χ4v) is 2.45. The molecule has 4 nitrogen and oxygen atoms in total. The monoisotopic (exact) mass is 391 g/mol. The lowest BCUT2D eigenvalue weighted by atomic mass is 10.1. The van der Waals surface area contributed by atoms with E-state index in [-0.39, 0.29) is 5.56 Å². The molecule has 0 aromatic heterocycles. The maximum atomic E-state index is 12.6. The number of carbonyl (C=O) groups is 2. The number of esters is 1. The van der Waals surface area contributed by atoms with Gasteiger partial charge < -0.3 is 10.1 Å². The first kappa shape index (κ1) is 21.2. The third kappa shape index (κ3) is 6.90. The Kier molecular flexibility index (Phi) is 7.37. The van der Waals surface area contributed by atoms with E-state index in [1.54, 1.807) is 0 Å². The van der Waals surface area contributed by atoms with E-state index in [1.807, 2.05) is 31.2 Å². The number of ether oxygens (including phenoxy) is 1. The minimum atomic E-state index is -4.46. The van der Waals surface area contributed by atoms with Crippen molar-refractivity contribution in [2.45, 2.75) is 19.5 Å². The van der Waals surface area contributed by atoms with Crippen LogP contribution in [0.4, 0.5) is 13.2 Å². The Morgan fingerprint density at radius 1 is 1.11 bits per heavy atom. The van der Waals surface area contributed by atoms with E-state index in [4.69, 9.17) is 4.74 Å². The molecule has 148 valence electrons. The predicted molar refractivity (Wildman–Crippen MR) is 99.3 cm³/mol. The number of amides is 1. The van der Waals surface area contributed by atoms with E-state index in [2.05, 4.69) is 5.32 Å². The Morgan fingerprint density at radius 2 is 1.86 bits per heavy atom. The predicted octanol–water partition coefficient (Wildman–Crippen LogP) is 3.93. The fraction of sp³-hybridized carbons (Fsp3) is 0.238. The fourth-order valence-electron chi connectivity index (χ4n) is 2.45. The second kappa shape index (κ2) is 9.73. The maximum absolute atomic E-state index is 12.6. The molecule has 0 saturated heterocycles. The summed E-state index contributed by atoms with van der Waals surface area (Å²) in [6, 6.07) is 12.3. The van der Waals surface area contributed by atoms with Crippen LogP contribution in [-0.4, -0.2) is 25.0 Å². The van der Waals surface area contributed by atoms with E-state index in [0.717, 1.165) is 29.3 Å². The van der Waals surface area contributed by atoms with Crippen molar-refractivity contribution in [3.8, 4) is 0 Å². The van der Waals surface area contributed by atoms with E-state index in [0.29, 0.717) is 13.0 Å². The minimum Gasteiger partial charge on any atom is -0.452 e. The number of hydrogen-bond acceptors (Lipinski definition) is 3. The molecule has 1 amide bonds. The van der Waals surface area contributed by atoms with Gasteiger partial charge in [0.25, 0.3) is 5.91 Å². The van der Waals surface area contributed by atoms with Crippen molar-refractivity contribution < 1.29 is 27.5 Å². The summed E-state index contributed by atoms with van der Waals surface area (Å²) in [4.78, 5) is 23.3. The van der Waals surface area contributed by atoms with E-state index >= 15 is 0 Å². The Balaban J connectivity index is 1.75. The summed E-state index contributed by atoms with van der Waals surface area (Å²) in [5.74, 6) is -1.26. The molecule has 2 aromatic carbocycles. The average molecular weight is 391 g/mol. The molecule has 0 aliphatic carbocycles. The molecule has 0 aliphatic rings. The molecule has 0 bridgehead atoms.